The molecule has 1 aliphatic heterocycles. The fourth-order valence-corrected chi connectivity index (χ4v) is 4.04. The van der Waals surface area contributed by atoms with Crippen molar-refractivity contribution in [1.29, 1.82) is 0 Å². The molecule has 146 valence electrons. The van der Waals surface area contributed by atoms with Crippen molar-refractivity contribution >= 4 is 21.6 Å². The van der Waals surface area contributed by atoms with E-state index in [0.29, 0.717) is 22.9 Å². The summed E-state index contributed by atoms with van der Waals surface area (Å²) in [5, 5.41) is 6.70. The Labute approximate surface area is 158 Å². The second-order valence-electron chi connectivity index (χ2n) is 6.95. The maximum atomic E-state index is 12.4. The Morgan fingerprint density at radius 2 is 2.04 bits per heavy atom. The van der Waals surface area contributed by atoms with Crippen LogP contribution in [0.4, 0.5) is 5.69 Å². The van der Waals surface area contributed by atoms with E-state index in [1.165, 1.54) is 4.31 Å². The number of rotatable bonds is 4. The van der Waals surface area contributed by atoms with Crippen LogP contribution in [0.3, 0.4) is 0 Å². The van der Waals surface area contributed by atoms with Crippen LogP contribution in [-0.2, 0) is 14.8 Å². The number of aromatic nitrogens is 1. The maximum Gasteiger partial charge on any atom is 0.263 e. The van der Waals surface area contributed by atoms with E-state index in [1.807, 2.05) is 20.8 Å². The molecule has 0 spiro atoms. The summed E-state index contributed by atoms with van der Waals surface area (Å²) in [5.74, 6) is 0.634. The van der Waals surface area contributed by atoms with E-state index >= 15 is 0 Å². The van der Waals surface area contributed by atoms with Crippen molar-refractivity contribution in [3.05, 3.63) is 29.7 Å². The van der Waals surface area contributed by atoms with E-state index < -0.39 is 16.1 Å². The Bertz CT molecular complexity index is 961. The molecule has 9 heteroatoms. The average Bonchev–Trinajstić information content (AvgIpc) is 2.90. The summed E-state index contributed by atoms with van der Waals surface area (Å²) in [6.45, 7) is 7.20. The normalized spacial score (nSPS) is 16.8. The van der Waals surface area contributed by atoms with Gasteiger partial charge in [-0.15, -0.1) is 0 Å². The molecule has 0 saturated carbocycles. The van der Waals surface area contributed by atoms with Gasteiger partial charge < -0.3 is 14.6 Å². The summed E-state index contributed by atoms with van der Waals surface area (Å²) in [4.78, 5) is 12.4. The molecule has 2 aromatic rings. The van der Waals surface area contributed by atoms with E-state index in [1.54, 1.807) is 25.1 Å². The van der Waals surface area contributed by atoms with Gasteiger partial charge in [-0.25, -0.2) is 8.42 Å². The van der Waals surface area contributed by atoms with Crippen LogP contribution < -0.4 is 14.4 Å². The van der Waals surface area contributed by atoms with Crippen LogP contribution in [0, 0.1) is 13.8 Å². The summed E-state index contributed by atoms with van der Waals surface area (Å²) >= 11 is 0. The molecule has 1 aromatic heterocycles. The molecule has 1 N–H and O–H groups in total. The Morgan fingerprint density at radius 3 is 2.59 bits per heavy atom. The van der Waals surface area contributed by atoms with Gasteiger partial charge >= 0.3 is 0 Å². The number of aryl methyl sites for hydroxylation is 2. The van der Waals surface area contributed by atoms with Gasteiger partial charge in [0.25, 0.3) is 5.91 Å². The molecule has 1 atom stereocenters. The van der Waals surface area contributed by atoms with E-state index in [-0.39, 0.29) is 18.5 Å². The smallest absolute Gasteiger partial charge is 0.263 e. The molecule has 0 fully saturated rings. The second kappa shape index (κ2) is 6.88. The van der Waals surface area contributed by atoms with Crippen molar-refractivity contribution in [2.75, 3.05) is 17.1 Å². The fourth-order valence-electron chi connectivity index (χ4n) is 3.13. The quantitative estimate of drug-likeness (QED) is 0.853. The zero-order chi connectivity index (χ0) is 19.9. The standard InChI is InChI=1S/C18H23N3O5S/c1-10(2)19-18(22)16-9-21(27(5,23)24)14-8-13(6-7-15(14)25-16)17-11(3)20-26-12(17)4/h6-8,10,16H,9H2,1-5H3,(H,19,22). The van der Waals surface area contributed by atoms with Crippen LogP contribution >= 0.6 is 0 Å². The van der Waals surface area contributed by atoms with Crippen LogP contribution in [0.1, 0.15) is 25.3 Å². The van der Waals surface area contributed by atoms with Crippen LogP contribution in [0.5, 0.6) is 5.75 Å². The largest absolute Gasteiger partial charge is 0.476 e. The SMILES string of the molecule is Cc1noc(C)c1-c1ccc2c(c1)N(S(C)(=O)=O)CC(C(=O)NC(C)C)O2. The summed E-state index contributed by atoms with van der Waals surface area (Å²) in [5.41, 5.74) is 2.69. The first-order chi connectivity index (χ1) is 12.6. The Hall–Kier alpha value is -2.55. The molecule has 2 heterocycles. The maximum absolute atomic E-state index is 12.4. The minimum atomic E-state index is -3.61. The number of benzene rings is 1. The Kier molecular flexibility index (Phi) is 4.90. The van der Waals surface area contributed by atoms with Crippen molar-refractivity contribution in [3.8, 4) is 16.9 Å². The highest BCUT2D eigenvalue weighted by molar-refractivity contribution is 7.92. The predicted molar refractivity (Wildman–Crippen MR) is 101 cm³/mol. The van der Waals surface area contributed by atoms with Crippen molar-refractivity contribution in [3.63, 3.8) is 0 Å². The molecule has 3 rings (SSSR count). The second-order valence-corrected chi connectivity index (χ2v) is 8.85. The average molecular weight is 393 g/mol. The first-order valence-electron chi connectivity index (χ1n) is 8.60. The van der Waals surface area contributed by atoms with Gasteiger partial charge in [-0.1, -0.05) is 11.2 Å². The van der Waals surface area contributed by atoms with E-state index in [9.17, 15) is 13.2 Å². The van der Waals surface area contributed by atoms with Gasteiger partial charge in [0.1, 0.15) is 11.5 Å². The molecule has 8 nitrogen and oxygen atoms in total. The molecule has 1 unspecified atom stereocenters. The number of nitrogens with zero attached hydrogens (tertiary/aromatic N) is 2. The molecule has 1 amide bonds. The van der Waals surface area contributed by atoms with Gasteiger partial charge in [0.2, 0.25) is 10.0 Å². The number of ether oxygens (including phenoxy) is 1. The van der Waals surface area contributed by atoms with Gasteiger partial charge in [-0.2, -0.15) is 0 Å². The molecular formula is C18H23N3O5S. The zero-order valence-electron chi connectivity index (χ0n) is 15.9. The van der Waals surface area contributed by atoms with Crippen LogP contribution in [0.25, 0.3) is 11.1 Å². The summed E-state index contributed by atoms with van der Waals surface area (Å²) < 4.78 is 37.0. The number of nitrogens with one attached hydrogen (secondary N) is 1. The number of fused-ring (bicyclic) bond motifs is 1. The zero-order valence-corrected chi connectivity index (χ0v) is 16.8. The van der Waals surface area contributed by atoms with Gasteiger partial charge in [0, 0.05) is 11.6 Å². The molecule has 0 aliphatic carbocycles. The third kappa shape index (κ3) is 3.78. The van der Waals surface area contributed by atoms with Crippen LogP contribution in [-0.4, -0.2) is 44.4 Å². The van der Waals surface area contributed by atoms with Crippen molar-refractivity contribution < 1.29 is 22.5 Å². The molecular weight excluding hydrogens is 370 g/mol. The number of carbonyl (C=O) groups excluding carboxylic acids is 1. The lowest BCUT2D eigenvalue weighted by Crippen LogP contribution is -2.51. The van der Waals surface area contributed by atoms with Gasteiger partial charge in [0.15, 0.2) is 6.10 Å². The molecule has 27 heavy (non-hydrogen) atoms. The topological polar surface area (TPSA) is 102 Å². The highest BCUT2D eigenvalue weighted by Gasteiger charge is 2.35. The number of hydrogen-bond donors (Lipinski definition) is 1. The predicted octanol–water partition coefficient (Wildman–Crippen LogP) is 2.01. The lowest BCUT2D eigenvalue weighted by Gasteiger charge is -2.34. The highest BCUT2D eigenvalue weighted by atomic mass is 32.2. The number of hydrogen-bond acceptors (Lipinski definition) is 6. The lowest BCUT2D eigenvalue weighted by molar-refractivity contribution is -0.128. The third-order valence-corrected chi connectivity index (χ3v) is 5.42. The molecule has 1 aliphatic rings. The summed E-state index contributed by atoms with van der Waals surface area (Å²) in [6.07, 6.45) is 0.196. The van der Waals surface area contributed by atoms with Crippen LogP contribution in [0.2, 0.25) is 0 Å². The summed E-state index contributed by atoms with van der Waals surface area (Å²) in [7, 11) is -3.61. The summed E-state index contributed by atoms with van der Waals surface area (Å²) in [6, 6.07) is 5.12. The van der Waals surface area contributed by atoms with Crippen molar-refractivity contribution in [1.82, 2.24) is 10.5 Å². The van der Waals surface area contributed by atoms with Crippen molar-refractivity contribution in [2.45, 2.75) is 39.8 Å². The molecule has 0 radical (unpaired) electrons. The first-order valence-corrected chi connectivity index (χ1v) is 10.4. The van der Waals surface area contributed by atoms with Gasteiger partial charge in [-0.3, -0.25) is 9.10 Å². The molecule has 0 bridgehead atoms. The molecule has 0 saturated heterocycles. The van der Waals surface area contributed by atoms with E-state index in [0.717, 1.165) is 17.4 Å². The lowest BCUT2D eigenvalue weighted by atomic mass is 10.0. The van der Waals surface area contributed by atoms with Crippen LogP contribution in [0.15, 0.2) is 22.7 Å². The monoisotopic (exact) mass is 393 g/mol. The fraction of sp³-hybridized carbons (Fsp3) is 0.444. The molecule has 1 aromatic carbocycles. The number of carbonyl (C=O) groups is 1. The Balaban J connectivity index is 2.05. The van der Waals surface area contributed by atoms with E-state index in [2.05, 4.69) is 10.5 Å². The van der Waals surface area contributed by atoms with Crippen molar-refractivity contribution in [2.24, 2.45) is 0 Å². The van der Waals surface area contributed by atoms with E-state index in [4.69, 9.17) is 9.26 Å². The van der Waals surface area contributed by atoms with Gasteiger partial charge in [-0.05, 0) is 45.4 Å². The number of amides is 1. The third-order valence-electron chi connectivity index (χ3n) is 4.27. The first kappa shape index (κ1) is 19.2. The number of anilines is 1. The minimum Gasteiger partial charge on any atom is -0.476 e. The number of sulfonamides is 1. The Morgan fingerprint density at radius 1 is 1.33 bits per heavy atom. The minimum absolute atomic E-state index is 0.0731. The van der Waals surface area contributed by atoms with Gasteiger partial charge in [0.05, 0.1) is 24.2 Å². The highest BCUT2D eigenvalue weighted by Crippen LogP contribution is 2.39.